The van der Waals surface area contributed by atoms with Crippen molar-refractivity contribution >= 4 is 11.8 Å². The molecule has 1 spiro atoms. The Morgan fingerprint density at radius 3 is 2.43 bits per heavy atom. The van der Waals surface area contributed by atoms with Gasteiger partial charge >= 0.3 is 6.09 Å². The van der Waals surface area contributed by atoms with E-state index in [1.54, 1.807) is 19.1 Å². The largest absolute Gasteiger partial charge is 0.497 e. The Hall–Kier alpha value is -3.87. The van der Waals surface area contributed by atoms with E-state index in [1.807, 2.05) is 48.5 Å². The van der Waals surface area contributed by atoms with Crippen molar-refractivity contribution in [2.24, 2.45) is 0 Å². The molecule has 7 rings (SSSR count). The topological polar surface area (TPSA) is 101 Å². The third kappa shape index (κ3) is 8.61. The summed E-state index contributed by atoms with van der Waals surface area (Å²) >= 11 is 0. The van der Waals surface area contributed by atoms with Crippen molar-refractivity contribution in [3.8, 4) is 11.5 Å². The number of benzene rings is 3. The molecule has 3 fully saturated rings. The van der Waals surface area contributed by atoms with Gasteiger partial charge in [0.1, 0.15) is 36.4 Å². The lowest BCUT2D eigenvalue weighted by Crippen LogP contribution is -2.54. The molecule has 4 atom stereocenters. The van der Waals surface area contributed by atoms with Crippen LogP contribution in [0.5, 0.6) is 11.5 Å². The summed E-state index contributed by atoms with van der Waals surface area (Å²) in [4.78, 5) is 17.7. The fraction of sp³-hybridized carbons (Fsp3) is 0.525. The number of carbonyl (C=O) groups excluding carboxylic acids is 1. The van der Waals surface area contributed by atoms with Gasteiger partial charge in [-0.15, -0.1) is 0 Å². The zero-order valence-corrected chi connectivity index (χ0v) is 29.7. The predicted octanol–water partition coefficient (Wildman–Crippen LogP) is 5.59. The van der Waals surface area contributed by atoms with Crippen molar-refractivity contribution in [1.82, 2.24) is 4.90 Å². The summed E-state index contributed by atoms with van der Waals surface area (Å²) in [6.45, 7) is 6.15. The highest BCUT2D eigenvalue weighted by molar-refractivity contribution is 5.68. The van der Waals surface area contributed by atoms with E-state index in [1.165, 1.54) is 0 Å². The van der Waals surface area contributed by atoms with Crippen LogP contribution in [0.1, 0.15) is 41.9 Å². The number of ether oxygens (including phenoxy) is 8. The van der Waals surface area contributed by atoms with Crippen LogP contribution in [-0.2, 0) is 41.6 Å². The van der Waals surface area contributed by atoms with Gasteiger partial charge < -0.3 is 47.7 Å². The molecule has 0 aromatic heterocycles. The van der Waals surface area contributed by atoms with Gasteiger partial charge in [-0.05, 0) is 47.4 Å². The van der Waals surface area contributed by atoms with E-state index < -0.39 is 6.09 Å². The van der Waals surface area contributed by atoms with Crippen LogP contribution >= 0.6 is 0 Å². The van der Waals surface area contributed by atoms with Crippen LogP contribution < -0.4 is 14.4 Å². The first-order chi connectivity index (χ1) is 25.0. The molecule has 0 N–H and O–H groups in total. The number of amides is 1. The molecular formula is C40H50N2O9. The molecule has 4 aliphatic heterocycles. The molecule has 3 aromatic rings. The van der Waals surface area contributed by atoms with Gasteiger partial charge in [-0.3, -0.25) is 0 Å². The SMILES string of the molecule is COCCCN1CCOc2ccc(CO[C@H]3CN(C(=O)OCc4ccccc4)C[C@@H](OCC4OC45CCOCC5)[C@@H]3c3ccc(OC)cc3)cc21. The van der Waals surface area contributed by atoms with E-state index in [2.05, 4.69) is 29.2 Å². The number of anilines is 1. The molecule has 1 unspecified atom stereocenters. The molecule has 0 bridgehead atoms. The van der Waals surface area contributed by atoms with E-state index in [0.29, 0.717) is 52.7 Å². The van der Waals surface area contributed by atoms with Crippen molar-refractivity contribution in [3.63, 3.8) is 0 Å². The highest BCUT2D eigenvalue weighted by Crippen LogP contribution is 2.46. The monoisotopic (exact) mass is 702 g/mol. The van der Waals surface area contributed by atoms with Crippen molar-refractivity contribution in [2.45, 2.75) is 62.3 Å². The zero-order chi connectivity index (χ0) is 35.0. The molecule has 274 valence electrons. The Morgan fingerprint density at radius 2 is 1.67 bits per heavy atom. The highest BCUT2D eigenvalue weighted by Gasteiger charge is 2.57. The quantitative estimate of drug-likeness (QED) is 0.156. The van der Waals surface area contributed by atoms with Gasteiger partial charge in [0.25, 0.3) is 0 Å². The van der Waals surface area contributed by atoms with Crippen LogP contribution in [0.25, 0.3) is 0 Å². The minimum atomic E-state index is -0.393. The molecule has 11 heteroatoms. The van der Waals surface area contributed by atoms with E-state index in [-0.39, 0.29) is 36.4 Å². The van der Waals surface area contributed by atoms with Gasteiger partial charge in [-0.25, -0.2) is 4.79 Å². The molecule has 3 saturated heterocycles. The number of hydrogen-bond donors (Lipinski definition) is 0. The number of rotatable bonds is 14. The number of piperidine rings is 1. The van der Waals surface area contributed by atoms with Crippen LogP contribution in [0.15, 0.2) is 72.8 Å². The van der Waals surface area contributed by atoms with Gasteiger partial charge in [0.05, 0.1) is 57.9 Å². The molecule has 4 heterocycles. The molecule has 0 saturated carbocycles. The molecule has 0 aliphatic carbocycles. The second-order valence-corrected chi connectivity index (χ2v) is 13.7. The maximum absolute atomic E-state index is 13.7. The maximum Gasteiger partial charge on any atom is 0.410 e. The molecule has 51 heavy (non-hydrogen) atoms. The summed E-state index contributed by atoms with van der Waals surface area (Å²) in [5.74, 6) is 1.49. The first-order valence-electron chi connectivity index (χ1n) is 18.1. The third-order valence-electron chi connectivity index (χ3n) is 10.5. The summed E-state index contributed by atoms with van der Waals surface area (Å²) in [5, 5.41) is 0. The second kappa shape index (κ2) is 16.6. The van der Waals surface area contributed by atoms with Crippen LogP contribution in [0.4, 0.5) is 10.5 Å². The number of fused-ring (bicyclic) bond motifs is 1. The van der Waals surface area contributed by atoms with Crippen molar-refractivity contribution in [1.29, 1.82) is 0 Å². The lowest BCUT2D eigenvalue weighted by molar-refractivity contribution is -0.0935. The average molecular weight is 703 g/mol. The van der Waals surface area contributed by atoms with Crippen LogP contribution in [0.2, 0.25) is 0 Å². The molecule has 1 amide bonds. The van der Waals surface area contributed by atoms with Gasteiger partial charge in [0.15, 0.2) is 0 Å². The average Bonchev–Trinajstić information content (AvgIpc) is 3.85. The Bertz CT molecular complexity index is 1570. The number of nitrogens with zero attached hydrogens (tertiary/aromatic N) is 2. The van der Waals surface area contributed by atoms with E-state index in [0.717, 1.165) is 66.2 Å². The van der Waals surface area contributed by atoms with Crippen molar-refractivity contribution in [2.75, 3.05) is 78.3 Å². The third-order valence-corrected chi connectivity index (χ3v) is 10.5. The molecule has 0 radical (unpaired) electrons. The number of methoxy groups -OCH3 is 2. The summed E-state index contributed by atoms with van der Waals surface area (Å²) in [6.07, 6.45) is 1.53. The first kappa shape index (κ1) is 35.5. The van der Waals surface area contributed by atoms with E-state index in [4.69, 9.17) is 37.9 Å². The lowest BCUT2D eigenvalue weighted by Gasteiger charge is -2.43. The standard InChI is InChI=1S/C40H50N2O9/c1-44-19-6-17-41-18-22-47-34-14-9-30(23-33(34)41)27-48-35-24-42(39(43)50-26-29-7-4-3-5-8-29)25-36(38(35)31-10-12-32(45-2)13-11-31)49-28-37-40(51-37)15-20-46-21-16-40/h3-5,7-14,23,35-38H,6,15-22,24-28H2,1-2H3/t35-,36+,37?,38+/m0/s1. The second-order valence-electron chi connectivity index (χ2n) is 13.7. The van der Waals surface area contributed by atoms with Gasteiger partial charge in [0.2, 0.25) is 0 Å². The Kier molecular flexibility index (Phi) is 11.6. The molecule has 3 aromatic carbocycles. The van der Waals surface area contributed by atoms with Gasteiger partial charge in [-0.2, -0.15) is 0 Å². The predicted molar refractivity (Wildman–Crippen MR) is 191 cm³/mol. The Balaban J connectivity index is 1.12. The van der Waals surface area contributed by atoms with Crippen molar-refractivity contribution < 1.29 is 42.7 Å². The fourth-order valence-corrected chi connectivity index (χ4v) is 7.55. The van der Waals surface area contributed by atoms with Crippen molar-refractivity contribution in [3.05, 3.63) is 89.5 Å². The van der Waals surface area contributed by atoms with E-state index >= 15 is 0 Å². The summed E-state index contributed by atoms with van der Waals surface area (Å²) < 4.78 is 48.0. The van der Waals surface area contributed by atoms with Crippen LogP contribution in [-0.4, -0.2) is 108 Å². The zero-order valence-electron chi connectivity index (χ0n) is 29.7. The minimum absolute atomic E-state index is 0.00208. The summed E-state index contributed by atoms with van der Waals surface area (Å²) in [7, 11) is 3.39. The summed E-state index contributed by atoms with van der Waals surface area (Å²) in [6, 6.07) is 24.0. The Morgan fingerprint density at radius 1 is 0.882 bits per heavy atom. The minimum Gasteiger partial charge on any atom is -0.497 e. The fourth-order valence-electron chi connectivity index (χ4n) is 7.55. The molecule has 4 aliphatic rings. The first-order valence-corrected chi connectivity index (χ1v) is 18.1. The smallest absolute Gasteiger partial charge is 0.410 e. The van der Waals surface area contributed by atoms with Crippen LogP contribution in [0, 0.1) is 0 Å². The van der Waals surface area contributed by atoms with Crippen LogP contribution in [0.3, 0.4) is 0 Å². The number of hydrogen-bond acceptors (Lipinski definition) is 10. The van der Waals surface area contributed by atoms with E-state index in [9.17, 15) is 4.79 Å². The maximum atomic E-state index is 13.7. The van der Waals surface area contributed by atoms with Gasteiger partial charge in [0, 0.05) is 52.2 Å². The molecular weight excluding hydrogens is 652 g/mol. The van der Waals surface area contributed by atoms with Gasteiger partial charge in [-0.1, -0.05) is 48.5 Å². The number of epoxide rings is 1. The number of carbonyl (C=O) groups is 1. The lowest BCUT2D eigenvalue weighted by atomic mass is 9.84. The molecule has 11 nitrogen and oxygen atoms in total. The summed E-state index contributed by atoms with van der Waals surface area (Å²) in [5.41, 5.74) is 3.91. The Labute approximate surface area is 300 Å². The highest BCUT2D eigenvalue weighted by atomic mass is 16.6. The number of likely N-dealkylation sites (tertiary alicyclic amines) is 1. The normalized spacial score (nSPS) is 23.7.